The Kier molecular flexibility index (Phi) is 4.60. The number of nitrogens with one attached hydrogen (secondary N) is 1. The number of hydrogen-bond donors (Lipinski definition) is 1. The summed E-state index contributed by atoms with van der Waals surface area (Å²) in [5.74, 6) is -2.08. The SMILES string of the molecule is Cc1cn(-c2cncc(C(F)(F)F)c2)c2cc(F)c(C(=O)NS(=O)(=O)C3CC3)cc12. The van der Waals surface area contributed by atoms with Crippen LogP contribution in [0, 0.1) is 12.7 Å². The van der Waals surface area contributed by atoms with Crippen molar-refractivity contribution in [3.05, 3.63) is 59.3 Å². The second kappa shape index (κ2) is 6.79. The molecule has 1 saturated carbocycles. The van der Waals surface area contributed by atoms with Gasteiger partial charge in [0, 0.05) is 17.8 Å². The Bertz CT molecular complexity index is 1280. The molecular formula is C19H15F4N3O3S. The van der Waals surface area contributed by atoms with Crippen molar-refractivity contribution in [2.24, 2.45) is 0 Å². The van der Waals surface area contributed by atoms with E-state index in [9.17, 15) is 30.8 Å². The maximum Gasteiger partial charge on any atom is 0.417 e. The smallest absolute Gasteiger partial charge is 0.315 e. The molecule has 1 aliphatic carbocycles. The molecule has 11 heteroatoms. The van der Waals surface area contributed by atoms with Gasteiger partial charge in [0.1, 0.15) is 5.82 Å². The van der Waals surface area contributed by atoms with Crippen molar-refractivity contribution in [3.8, 4) is 5.69 Å². The zero-order valence-electron chi connectivity index (χ0n) is 15.5. The van der Waals surface area contributed by atoms with Gasteiger partial charge in [-0.15, -0.1) is 0 Å². The van der Waals surface area contributed by atoms with E-state index < -0.39 is 44.3 Å². The van der Waals surface area contributed by atoms with Gasteiger partial charge in [-0.05, 0) is 43.5 Å². The largest absolute Gasteiger partial charge is 0.417 e. The van der Waals surface area contributed by atoms with Crippen molar-refractivity contribution in [2.75, 3.05) is 0 Å². The van der Waals surface area contributed by atoms with E-state index in [2.05, 4.69) is 4.98 Å². The number of amides is 1. The van der Waals surface area contributed by atoms with Gasteiger partial charge in [-0.1, -0.05) is 0 Å². The van der Waals surface area contributed by atoms with Gasteiger partial charge in [0.15, 0.2) is 0 Å². The fourth-order valence-electron chi connectivity index (χ4n) is 3.16. The van der Waals surface area contributed by atoms with Crippen molar-refractivity contribution >= 4 is 26.8 Å². The summed E-state index contributed by atoms with van der Waals surface area (Å²) in [5, 5.41) is -0.257. The molecule has 1 aliphatic rings. The summed E-state index contributed by atoms with van der Waals surface area (Å²) < 4.78 is 80.8. The summed E-state index contributed by atoms with van der Waals surface area (Å²) in [6.45, 7) is 1.64. The van der Waals surface area contributed by atoms with Crippen LogP contribution in [0.5, 0.6) is 0 Å². The predicted molar refractivity (Wildman–Crippen MR) is 100 cm³/mol. The van der Waals surface area contributed by atoms with Crippen LogP contribution >= 0.6 is 0 Å². The lowest BCUT2D eigenvalue weighted by Gasteiger charge is -2.11. The van der Waals surface area contributed by atoms with Gasteiger partial charge in [0.2, 0.25) is 10.0 Å². The van der Waals surface area contributed by atoms with Crippen LogP contribution < -0.4 is 4.72 Å². The number of sulfonamides is 1. The van der Waals surface area contributed by atoms with Gasteiger partial charge in [0.05, 0.1) is 33.8 Å². The molecule has 4 rings (SSSR count). The topological polar surface area (TPSA) is 81.1 Å². The number of fused-ring (bicyclic) bond motifs is 1. The first kappa shape index (κ1) is 20.3. The van der Waals surface area contributed by atoms with E-state index in [1.54, 1.807) is 6.92 Å². The van der Waals surface area contributed by atoms with Crippen LogP contribution in [0.15, 0.2) is 36.8 Å². The number of halogens is 4. The van der Waals surface area contributed by atoms with E-state index in [0.717, 1.165) is 12.1 Å². The van der Waals surface area contributed by atoms with Gasteiger partial charge < -0.3 is 4.57 Å². The number of aromatic nitrogens is 2. The van der Waals surface area contributed by atoms with Crippen LogP contribution in [0.4, 0.5) is 17.6 Å². The molecule has 0 unspecified atom stereocenters. The highest BCUT2D eigenvalue weighted by Gasteiger charge is 2.37. The maximum absolute atomic E-state index is 14.7. The highest BCUT2D eigenvalue weighted by Crippen LogP contribution is 2.32. The van der Waals surface area contributed by atoms with Gasteiger partial charge in [-0.25, -0.2) is 17.5 Å². The van der Waals surface area contributed by atoms with E-state index in [1.165, 1.54) is 23.0 Å². The Balaban J connectivity index is 1.77. The number of benzene rings is 1. The van der Waals surface area contributed by atoms with Gasteiger partial charge in [-0.2, -0.15) is 13.2 Å². The van der Waals surface area contributed by atoms with Gasteiger partial charge >= 0.3 is 6.18 Å². The molecule has 2 aromatic heterocycles. The first-order chi connectivity index (χ1) is 14.0. The molecule has 0 spiro atoms. The lowest BCUT2D eigenvalue weighted by atomic mass is 10.1. The predicted octanol–water partition coefficient (Wildman–Crippen LogP) is 3.71. The summed E-state index contributed by atoms with van der Waals surface area (Å²) in [6.07, 6.45) is -0.330. The fourth-order valence-corrected chi connectivity index (χ4v) is 4.45. The molecule has 0 aliphatic heterocycles. The van der Waals surface area contributed by atoms with Crippen molar-refractivity contribution in [1.29, 1.82) is 0 Å². The molecule has 30 heavy (non-hydrogen) atoms. The number of carbonyl (C=O) groups is 1. The normalized spacial score (nSPS) is 14.8. The Morgan fingerprint density at radius 2 is 1.90 bits per heavy atom. The van der Waals surface area contributed by atoms with Crippen LogP contribution in [0.1, 0.15) is 34.3 Å². The quantitative estimate of drug-likeness (QED) is 0.626. The number of aryl methyl sites for hydroxylation is 1. The molecule has 1 amide bonds. The Morgan fingerprint density at radius 1 is 1.20 bits per heavy atom. The first-order valence-corrected chi connectivity index (χ1v) is 10.4. The Labute approximate surface area is 168 Å². The summed E-state index contributed by atoms with van der Waals surface area (Å²) in [7, 11) is -3.86. The second-order valence-corrected chi connectivity index (χ2v) is 9.10. The molecule has 1 N–H and O–H groups in total. The Morgan fingerprint density at radius 3 is 2.53 bits per heavy atom. The minimum Gasteiger partial charge on any atom is -0.315 e. The van der Waals surface area contributed by atoms with Crippen LogP contribution in [0.25, 0.3) is 16.6 Å². The van der Waals surface area contributed by atoms with E-state index in [1.807, 2.05) is 4.72 Å². The first-order valence-electron chi connectivity index (χ1n) is 8.87. The minimum atomic E-state index is -4.59. The molecule has 0 radical (unpaired) electrons. The van der Waals surface area contributed by atoms with Crippen molar-refractivity contribution in [1.82, 2.24) is 14.3 Å². The molecule has 0 saturated heterocycles. The Hall–Kier alpha value is -2.95. The number of carbonyl (C=O) groups excluding carboxylic acids is 1. The second-order valence-electron chi connectivity index (χ2n) is 7.14. The third-order valence-electron chi connectivity index (χ3n) is 4.86. The van der Waals surface area contributed by atoms with Crippen LogP contribution in [-0.4, -0.2) is 29.1 Å². The number of hydrogen-bond acceptors (Lipinski definition) is 4. The van der Waals surface area contributed by atoms with E-state index in [0.29, 0.717) is 30.0 Å². The van der Waals surface area contributed by atoms with Crippen LogP contribution in [0.3, 0.4) is 0 Å². The third kappa shape index (κ3) is 3.64. The standard InChI is InChI=1S/C19H15F4N3O3S/c1-10-9-26(12-4-11(7-24-8-12)19(21,22)23)17-6-16(20)15(5-14(10)17)18(27)25-30(28,29)13-2-3-13/h4-9,13H,2-3H2,1H3,(H,25,27). The van der Waals surface area contributed by atoms with Crippen molar-refractivity contribution < 1.29 is 30.8 Å². The van der Waals surface area contributed by atoms with Crippen LogP contribution in [0.2, 0.25) is 0 Å². The highest BCUT2D eigenvalue weighted by atomic mass is 32.2. The molecule has 158 valence electrons. The number of pyridine rings is 1. The summed E-state index contributed by atoms with van der Waals surface area (Å²) in [5.41, 5.74) is -0.582. The number of nitrogens with zero attached hydrogens (tertiary/aromatic N) is 2. The van der Waals surface area contributed by atoms with Gasteiger partial charge in [-0.3, -0.25) is 9.78 Å². The van der Waals surface area contributed by atoms with E-state index >= 15 is 0 Å². The fraction of sp³-hybridized carbons (Fsp3) is 0.263. The van der Waals surface area contributed by atoms with Crippen LogP contribution in [-0.2, 0) is 16.2 Å². The highest BCUT2D eigenvalue weighted by molar-refractivity contribution is 7.91. The lowest BCUT2D eigenvalue weighted by Crippen LogP contribution is -2.33. The number of alkyl halides is 3. The van der Waals surface area contributed by atoms with E-state index in [4.69, 9.17) is 0 Å². The third-order valence-corrected chi connectivity index (χ3v) is 6.68. The average molecular weight is 441 g/mol. The summed E-state index contributed by atoms with van der Waals surface area (Å²) in [6, 6.07) is 3.06. The van der Waals surface area contributed by atoms with Crippen molar-refractivity contribution in [2.45, 2.75) is 31.2 Å². The zero-order valence-corrected chi connectivity index (χ0v) is 16.3. The van der Waals surface area contributed by atoms with Crippen molar-refractivity contribution in [3.63, 3.8) is 0 Å². The lowest BCUT2D eigenvalue weighted by molar-refractivity contribution is -0.137. The molecule has 3 aromatic rings. The molecule has 6 nitrogen and oxygen atoms in total. The van der Waals surface area contributed by atoms with E-state index in [-0.39, 0.29) is 11.2 Å². The average Bonchev–Trinajstić information content (AvgIpc) is 3.46. The van der Waals surface area contributed by atoms with Gasteiger partial charge in [0.25, 0.3) is 5.91 Å². The number of rotatable bonds is 4. The summed E-state index contributed by atoms with van der Waals surface area (Å²) >= 11 is 0. The monoisotopic (exact) mass is 441 g/mol. The summed E-state index contributed by atoms with van der Waals surface area (Å²) in [4.78, 5) is 15.9. The molecule has 1 fully saturated rings. The maximum atomic E-state index is 14.7. The zero-order chi connectivity index (χ0) is 21.8. The molecule has 1 aromatic carbocycles. The molecule has 0 atom stereocenters. The molecule has 2 heterocycles. The molecular weight excluding hydrogens is 426 g/mol. The minimum absolute atomic E-state index is 0.0656. The molecule has 0 bridgehead atoms.